The first kappa shape index (κ1) is 30.0. The van der Waals surface area contributed by atoms with Crippen LogP contribution in [0.5, 0.6) is 11.8 Å². The van der Waals surface area contributed by atoms with E-state index in [0.29, 0.717) is 5.56 Å². The summed E-state index contributed by atoms with van der Waals surface area (Å²) in [6.07, 6.45) is -5.82. The summed E-state index contributed by atoms with van der Waals surface area (Å²) in [7, 11) is 0. The number of ether oxygens (including phenoxy) is 1. The number of nitrogens with one attached hydrogen (secondary N) is 1. The second-order valence-electron chi connectivity index (χ2n) is 11.8. The minimum atomic E-state index is -4.67. The number of aryl methyl sites for hydroxylation is 1. The van der Waals surface area contributed by atoms with E-state index in [4.69, 9.17) is 4.74 Å². The second-order valence-corrected chi connectivity index (χ2v) is 11.8. The van der Waals surface area contributed by atoms with Gasteiger partial charge in [0.1, 0.15) is 11.4 Å². The standard InChI is InChI=1S/C26H36F3N5O5/c1-14-10-19(36)34(21(14)37)12-15(30-23(38)39-25(5,6)7)11-18(35)33-9-8-16-17(13-33)31-22(24(2,3)4)32-20(16)26(27,28)29/h10,15,36-37H,8-9,11-13H2,1-7H3,(H,30,38). The highest BCUT2D eigenvalue weighted by molar-refractivity contribution is 5.78. The molecule has 0 saturated heterocycles. The number of alkyl halides is 3. The van der Waals surface area contributed by atoms with Crippen molar-refractivity contribution in [3.05, 3.63) is 34.4 Å². The Labute approximate surface area is 225 Å². The van der Waals surface area contributed by atoms with Crippen LogP contribution < -0.4 is 5.32 Å². The van der Waals surface area contributed by atoms with E-state index in [2.05, 4.69) is 15.3 Å². The molecule has 3 heterocycles. The van der Waals surface area contributed by atoms with Crippen molar-refractivity contribution in [2.75, 3.05) is 6.54 Å². The zero-order valence-corrected chi connectivity index (χ0v) is 23.2. The summed E-state index contributed by atoms with van der Waals surface area (Å²) in [6, 6.07) is 0.423. The van der Waals surface area contributed by atoms with Crippen LogP contribution >= 0.6 is 0 Å². The van der Waals surface area contributed by atoms with Crippen LogP contribution in [0.25, 0.3) is 0 Å². The molecule has 0 aliphatic carbocycles. The smallest absolute Gasteiger partial charge is 0.433 e. The zero-order chi connectivity index (χ0) is 29.5. The summed E-state index contributed by atoms with van der Waals surface area (Å²) in [5, 5.41) is 23.1. The molecule has 1 aliphatic heterocycles. The van der Waals surface area contributed by atoms with Gasteiger partial charge in [0.15, 0.2) is 17.5 Å². The SMILES string of the molecule is Cc1cc(O)n(CC(CC(=O)N2CCc3c(nc(C(C)(C)C)nc3C(F)(F)F)C2)NC(=O)OC(C)(C)C)c1O. The fourth-order valence-corrected chi connectivity index (χ4v) is 4.25. The number of aromatic nitrogens is 3. The number of carbonyl (C=O) groups excluding carboxylic acids is 2. The lowest BCUT2D eigenvalue weighted by atomic mass is 9.93. The Balaban J connectivity index is 1.87. The topological polar surface area (TPSA) is 130 Å². The molecule has 0 fully saturated rings. The quantitative estimate of drug-likeness (QED) is 0.505. The van der Waals surface area contributed by atoms with Gasteiger partial charge in [0.25, 0.3) is 0 Å². The Morgan fingerprint density at radius 1 is 1.13 bits per heavy atom. The van der Waals surface area contributed by atoms with E-state index in [1.807, 2.05) is 0 Å². The molecule has 1 aliphatic rings. The number of alkyl carbamates (subject to hydrolysis) is 1. The number of nitrogens with zero attached hydrogens (tertiary/aromatic N) is 4. The maximum absolute atomic E-state index is 13.8. The monoisotopic (exact) mass is 555 g/mol. The molecule has 2 aromatic rings. The van der Waals surface area contributed by atoms with Crippen LogP contribution in [-0.2, 0) is 40.6 Å². The molecule has 2 amide bonds. The fraction of sp³-hybridized carbons (Fsp3) is 0.615. The highest BCUT2D eigenvalue weighted by atomic mass is 19.4. The highest BCUT2D eigenvalue weighted by Gasteiger charge is 2.40. The van der Waals surface area contributed by atoms with Crippen molar-refractivity contribution in [2.24, 2.45) is 0 Å². The van der Waals surface area contributed by atoms with Crippen molar-refractivity contribution in [3.8, 4) is 11.8 Å². The molecule has 1 unspecified atom stereocenters. The van der Waals surface area contributed by atoms with Gasteiger partial charge < -0.3 is 25.2 Å². The normalized spacial score (nSPS) is 15.1. The molecular weight excluding hydrogens is 519 g/mol. The zero-order valence-electron chi connectivity index (χ0n) is 23.2. The van der Waals surface area contributed by atoms with Gasteiger partial charge in [-0.2, -0.15) is 13.2 Å². The number of amides is 2. The molecule has 10 nitrogen and oxygen atoms in total. The Kier molecular flexibility index (Phi) is 8.14. The van der Waals surface area contributed by atoms with Crippen molar-refractivity contribution in [2.45, 2.75) is 97.6 Å². The summed E-state index contributed by atoms with van der Waals surface area (Å²) in [4.78, 5) is 35.4. The molecule has 216 valence electrons. The van der Waals surface area contributed by atoms with Crippen LogP contribution in [0.3, 0.4) is 0 Å². The van der Waals surface area contributed by atoms with E-state index < -0.39 is 40.9 Å². The lowest BCUT2D eigenvalue weighted by molar-refractivity contribution is -0.142. The second kappa shape index (κ2) is 10.6. The van der Waals surface area contributed by atoms with Gasteiger partial charge in [-0.1, -0.05) is 20.8 Å². The fourth-order valence-electron chi connectivity index (χ4n) is 4.25. The van der Waals surface area contributed by atoms with Gasteiger partial charge >= 0.3 is 12.3 Å². The maximum Gasteiger partial charge on any atom is 0.433 e. The Bertz CT molecular complexity index is 1240. The number of aromatic hydroxyl groups is 2. The number of hydrogen-bond acceptors (Lipinski definition) is 7. The van der Waals surface area contributed by atoms with E-state index in [-0.39, 0.29) is 61.3 Å². The number of carbonyl (C=O) groups is 2. The molecule has 2 aromatic heterocycles. The minimum Gasteiger partial charge on any atom is -0.494 e. The Morgan fingerprint density at radius 2 is 1.77 bits per heavy atom. The van der Waals surface area contributed by atoms with Crippen LogP contribution in [0.15, 0.2) is 6.07 Å². The first-order valence-corrected chi connectivity index (χ1v) is 12.6. The first-order valence-electron chi connectivity index (χ1n) is 12.6. The molecule has 0 aromatic carbocycles. The third-order valence-corrected chi connectivity index (χ3v) is 6.13. The summed E-state index contributed by atoms with van der Waals surface area (Å²) < 4.78 is 47.9. The van der Waals surface area contributed by atoms with E-state index >= 15 is 0 Å². The number of rotatable bonds is 5. The van der Waals surface area contributed by atoms with Crippen LogP contribution in [0.1, 0.15) is 76.3 Å². The Morgan fingerprint density at radius 3 is 2.28 bits per heavy atom. The van der Waals surface area contributed by atoms with E-state index in [9.17, 15) is 33.0 Å². The van der Waals surface area contributed by atoms with Crippen LogP contribution in [-0.4, -0.2) is 59.8 Å². The summed E-state index contributed by atoms with van der Waals surface area (Å²) >= 11 is 0. The summed E-state index contributed by atoms with van der Waals surface area (Å²) in [5.41, 5.74) is -2.04. The predicted molar refractivity (Wildman–Crippen MR) is 135 cm³/mol. The van der Waals surface area contributed by atoms with Gasteiger partial charge in [0.2, 0.25) is 5.91 Å². The third kappa shape index (κ3) is 7.33. The maximum atomic E-state index is 13.8. The van der Waals surface area contributed by atoms with E-state index in [0.717, 1.165) is 4.57 Å². The van der Waals surface area contributed by atoms with Crippen molar-refractivity contribution < 1.29 is 37.7 Å². The predicted octanol–water partition coefficient (Wildman–Crippen LogP) is 4.18. The van der Waals surface area contributed by atoms with Crippen LogP contribution in [0.4, 0.5) is 18.0 Å². The molecule has 3 rings (SSSR count). The summed E-state index contributed by atoms with van der Waals surface area (Å²) in [6.45, 7) is 11.4. The highest BCUT2D eigenvalue weighted by Crippen LogP contribution is 2.35. The van der Waals surface area contributed by atoms with Gasteiger partial charge in [0, 0.05) is 42.1 Å². The van der Waals surface area contributed by atoms with Crippen molar-refractivity contribution in [3.63, 3.8) is 0 Å². The number of halogens is 3. The largest absolute Gasteiger partial charge is 0.494 e. The van der Waals surface area contributed by atoms with Gasteiger partial charge in [0.05, 0.1) is 18.3 Å². The molecule has 39 heavy (non-hydrogen) atoms. The Hall–Kier alpha value is -3.51. The van der Waals surface area contributed by atoms with Gasteiger partial charge in [-0.25, -0.2) is 14.8 Å². The van der Waals surface area contributed by atoms with Gasteiger partial charge in [-0.05, 0) is 34.1 Å². The average Bonchev–Trinajstić information content (AvgIpc) is 3.01. The molecule has 13 heteroatoms. The molecule has 1 atom stereocenters. The van der Waals surface area contributed by atoms with Crippen LogP contribution in [0, 0.1) is 6.92 Å². The van der Waals surface area contributed by atoms with Crippen molar-refractivity contribution >= 4 is 12.0 Å². The molecule has 0 radical (unpaired) electrons. The van der Waals surface area contributed by atoms with E-state index in [1.165, 1.54) is 11.0 Å². The average molecular weight is 556 g/mol. The number of hydrogen-bond donors (Lipinski definition) is 3. The molecular formula is C26H36F3N5O5. The number of fused-ring (bicyclic) bond motifs is 1. The third-order valence-electron chi connectivity index (χ3n) is 6.13. The summed E-state index contributed by atoms with van der Waals surface area (Å²) in [5.74, 6) is -0.907. The lowest BCUT2D eigenvalue weighted by Crippen LogP contribution is -2.46. The molecule has 0 bridgehead atoms. The molecule has 0 saturated carbocycles. The van der Waals surface area contributed by atoms with Gasteiger partial charge in [-0.15, -0.1) is 0 Å². The van der Waals surface area contributed by atoms with Crippen molar-refractivity contribution in [1.29, 1.82) is 0 Å². The van der Waals surface area contributed by atoms with Crippen LogP contribution in [0.2, 0.25) is 0 Å². The first-order chi connectivity index (χ1) is 17.8. The van der Waals surface area contributed by atoms with Gasteiger partial charge in [-0.3, -0.25) is 9.36 Å². The minimum absolute atomic E-state index is 0.00538. The lowest BCUT2D eigenvalue weighted by Gasteiger charge is -2.32. The van der Waals surface area contributed by atoms with Crippen molar-refractivity contribution in [1.82, 2.24) is 24.8 Å². The molecule has 3 N–H and O–H groups in total. The van der Waals surface area contributed by atoms with E-state index in [1.54, 1.807) is 48.5 Å². The molecule has 0 spiro atoms.